The lowest BCUT2D eigenvalue weighted by atomic mass is 10.0. The van der Waals surface area contributed by atoms with Crippen LogP contribution in [-0.4, -0.2) is 32.9 Å². The first-order valence-corrected chi connectivity index (χ1v) is 7.06. The molecule has 1 saturated carbocycles. The van der Waals surface area contributed by atoms with Crippen molar-refractivity contribution < 1.29 is 9.90 Å². The molecule has 2 N–H and O–H groups in total. The van der Waals surface area contributed by atoms with E-state index in [1.165, 1.54) is 12.8 Å². The second kappa shape index (κ2) is 5.74. The number of hydrogen-bond donors (Lipinski definition) is 2. The standard InChI is InChI=1S/C14H23N3O2/c1-3-14(2,10-18)15-13(19)12-8-9-17(16-12)11-6-4-5-7-11/h8-9,11,18H,3-7,10H2,1-2H3,(H,15,19)/t14-/m1/s1. The predicted molar refractivity (Wildman–Crippen MR) is 73.0 cm³/mol. The van der Waals surface area contributed by atoms with Crippen LogP contribution < -0.4 is 5.32 Å². The van der Waals surface area contributed by atoms with Gasteiger partial charge in [0.25, 0.3) is 5.91 Å². The summed E-state index contributed by atoms with van der Waals surface area (Å²) < 4.78 is 1.91. The zero-order chi connectivity index (χ0) is 13.9. The van der Waals surface area contributed by atoms with E-state index < -0.39 is 5.54 Å². The van der Waals surface area contributed by atoms with Crippen LogP contribution in [-0.2, 0) is 0 Å². The van der Waals surface area contributed by atoms with Gasteiger partial charge in [0.2, 0.25) is 0 Å². The molecular formula is C14H23N3O2. The number of aliphatic hydroxyl groups is 1. The van der Waals surface area contributed by atoms with Crippen molar-refractivity contribution in [3.8, 4) is 0 Å². The van der Waals surface area contributed by atoms with Gasteiger partial charge >= 0.3 is 0 Å². The van der Waals surface area contributed by atoms with Gasteiger partial charge in [-0.1, -0.05) is 19.8 Å². The van der Waals surface area contributed by atoms with Gasteiger partial charge in [0, 0.05) is 6.20 Å². The lowest BCUT2D eigenvalue weighted by Gasteiger charge is -2.26. The molecule has 1 heterocycles. The molecule has 5 nitrogen and oxygen atoms in total. The fourth-order valence-corrected chi connectivity index (χ4v) is 2.41. The van der Waals surface area contributed by atoms with E-state index in [-0.39, 0.29) is 12.5 Å². The summed E-state index contributed by atoms with van der Waals surface area (Å²) in [5, 5.41) is 16.5. The maximum atomic E-state index is 12.1. The van der Waals surface area contributed by atoms with Crippen molar-refractivity contribution in [1.82, 2.24) is 15.1 Å². The molecule has 1 aliphatic carbocycles. The maximum absolute atomic E-state index is 12.1. The van der Waals surface area contributed by atoms with Gasteiger partial charge in [0.15, 0.2) is 0 Å². The van der Waals surface area contributed by atoms with Crippen molar-refractivity contribution in [2.45, 2.75) is 57.5 Å². The van der Waals surface area contributed by atoms with Crippen LogP contribution in [0.15, 0.2) is 12.3 Å². The van der Waals surface area contributed by atoms with Gasteiger partial charge in [-0.3, -0.25) is 9.48 Å². The summed E-state index contributed by atoms with van der Waals surface area (Å²) >= 11 is 0. The van der Waals surface area contributed by atoms with Gasteiger partial charge in [0.1, 0.15) is 5.69 Å². The second-order valence-corrected chi connectivity index (χ2v) is 5.65. The summed E-state index contributed by atoms with van der Waals surface area (Å²) in [5.74, 6) is -0.213. The topological polar surface area (TPSA) is 67.2 Å². The lowest BCUT2D eigenvalue weighted by molar-refractivity contribution is 0.0841. The Morgan fingerprint density at radius 2 is 2.26 bits per heavy atom. The van der Waals surface area contributed by atoms with Crippen LogP contribution in [0.4, 0.5) is 0 Å². The van der Waals surface area contributed by atoms with Crippen LogP contribution in [0, 0.1) is 0 Å². The Morgan fingerprint density at radius 1 is 1.58 bits per heavy atom. The van der Waals surface area contributed by atoms with Crippen LogP contribution >= 0.6 is 0 Å². The van der Waals surface area contributed by atoms with E-state index in [4.69, 9.17) is 0 Å². The average molecular weight is 265 g/mol. The first-order chi connectivity index (χ1) is 9.08. The Bertz CT molecular complexity index is 432. The molecule has 106 valence electrons. The van der Waals surface area contributed by atoms with Crippen molar-refractivity contribution >= 4 is 5.91 Å². The van der Waals surface area contributed by atoms with E-state index in [9.17, 15) is 9.90 Å². The van der Waals surface area contributed by atoms with E-state index >= 15 is 0 Å². The Morgan fingerprint density at radius 3 is 2.84 bits per heavy atom. The third-order valence-electron chi connectivity index (χ3n) is 4.08. The fraction of sp³-hybridized carbons (Fsp3) is 0.714. The van der Waals surface area contributed by atoms with Crippen LogP contribution in [0.3, 0.4) is 0 Å². The number of aromatic nitrogens is 2. The van der Waals surface area contributed by atoms with E-state index in [2.05, 4.69) is 10.4 Å². The Hall–Kier alpha value is -1.36. The number of hydrogen-bond acceptors (Lipinski definition) is 3. The largest absolute Gasteiger partial charge is 0.394 e. The number of carbonyl (C=O) groups excluding carboxylic acids is 1. The number of carbonyl (C=O) groups is 1. The minimum absolute atomic E-state index is 0.0709. The Kier molecular flexibility index (Phi) is 4.24. The molecule has 19 heavy (non-hydrogen) atoms. The molecule has 0 bridgehead atoms. The maximum Gasteiger partial charge on any atom is 0.272 e. The van der Waals surface area contributed by atoms with Crippen LogP contribution in [0.1, 0.15) is 62.5 Å². The normalized spacial score (nSPS) is 19.3. The molecule has 0 aliphatic heterocycles. The number of nitrogens with one attached hydrogen (secondary N) is 1. The fourth-order valence-electron chi connectivity index (χ4n) is 2.41. The molecule has 0 saturated heterocycles. The molecule has 0 radical (unpaired) electrons. The summed E-state index contributed by atoms with van der Waals surface area (Å²) in [5.41, 5.74) is -0.145. The highest BCUT2D eigenvalue weighted by Crippen LogP contribution is 2.28. The summed E-state index contributed by atoms with van der Waals surface area (Å²) in [6, 6.07) is 2.19. The van der Waals surface area contributed by atoms with E-state index in [1.54, 1.807) is 6.07 Å². The second-order valence-electron chi connectivity index (χ2n) is 5.65. The quantitative estimate of drug-likeness (QED) is 0.854. The molecule has 0 unspecified atom stereocenters. The molecular weight excluding hydrogens is 242 g/mol. The van der Waals surface area contributed by atoms with Gasteiger partial charge in [0.05, 0.1) is 18.2 Å². The van der Waals surface area contributed by atoms with Crippen molar-refractivity contribution in [3.63, 3.8) is 0 Å². The third-order valence-corrected chi connectivity index (χ3v) is 4.08. The first kappa shape index (κ1) is 14.1. The number of rotatable bonds is 5. The van der Waals surface area contributed by atoms with E-state index in [1.807, 2.05) is 24.7 Å². The van der Waals surface area contributed by atoms with E-state index in [0.29, 0.717) is 18.2 Å². The van der Waals surface area contributed by atoms with E-state index in [0.717, 1.165) is 12.8 Å². The van der Waals surface area contributed by atoms with Gasteiger partial charge in [-0.05, 0) is 32.3 Å². The summed E-state index contributed by atoms with van der Waals surface area (Å²) in [6.07, 6.45) is 7.33. The van der Waals surface area contributed by atoms with Crippen molar-refractivity contribution in [2.75, 3.05) is 6.61 Å². The highest BCUT2D eigenvalue weighted by Gasteiger charge is 2.25. The Balaban J connectivity index is 2.03. The van der Waals surface area contributed by atoms with Crippen molar-refractivity contribution in [2.24, 2.45) is 0 Å². The van der Waals surface area contributed by atoms with Crippen molar-refractivity contribution in [1.29, 1.82) is 0 Å². The molecule has 1 atom stereocenters. The Labute approximate surface area is 114 Å². The smallest absolute Gasteiger partial charge is 0.272 e. The monoisotopic (exact) mass is 265 g/mol. The number of amides is 1. The summed E-state index contributed by atoms with van der Waals surface area (Å²) in [7, 11) is 0. The molecule has 1 aromatic rings. The SMILES string of the molecule is CC[C@](C)(CO)NC(=O)c1ccn(C2CCCC2)n1. The molecule has 0 spiro atoms. The lowest BCUT2D eigenvalue weighted by Crippen LogP contribution is -2.48. The molecule has 5 heteroatoms. The number of aliphatic hydroxyl groups excluding tert-OH is 1. The molecule has 0 aromatic carbocycles. The predicted octanol–water partition coefficient (Wildman–Crippen LogP) is 1.89. The molecule has 1 aliphatic rings. The van der Waals surface area contributed by atoms with Gasteiger partial charge < -0.3 is 10.4 Å². The zero-order valence-corrected chi connectivity index (χ0v) is 11.7. The molecule has 1 amide bonds. The molecule has 1 aromatic heterocycles. The van der Waals surface area contributed by atoms with Gasteiger partial charge in [-0.25, -0.2) is 0 Å². The minimum Gasteiger partial charge on any atom is -0.394 e. The van der Waals surface area contributed by atoms with Crippen LogP contribution in [0.25, 0.3) is 0 Å². The number of nitrogens with zero attached hydrogens (tertiary/aromatic N) is 2. The van der Waals surface area contributed by atoms with Crippen molar-refractivity contribution in [3.05, 3.63) is 18.0 Å². The minimum atomic E-state index is -0.575. The molecule has 1 fully saturated rings. The molecule has 2 rings (SSSR count). The first-order valence-electron chi connectivity index (χ1n) is 7.06. The summed E-state index contributed by atoms with van der Waals surface area (Å²) in [4.78, 5) is 12.1. The summed E-state index contributed by atoms with van der Waals surface area (Å²) in [6.45, 7) is 3.70. The highest BCUT2D eigenvalue weighted by molar-refractivity contribution is 5.92. The third kappa shape index (κ3) is 3.15. The van der Waals surface area contributed by atoms with Crippen LogP contribution in [0.5, 0.6) is 0 Å². The highest BCUT2D eigenvalue weighted by atomic mass is 16.3. The average Bonchev–Trinajstić information content (AvgIpc) is 3.08. The van der Waals surface area contributed by atoms with Gasteiger partial charge in [-0.15, -0.1) is 0 Å². The van der Waals surface area contributed by atoms with Gasteiger partial charge in [-0.2, -0.15) is 5.10 Å². The zero-order valence-electron chi connectivity index (χ0n) is 11.7. The van der Waals surface area contributed by atoms with Crippen LogP contribution in [0.2, 0.25) is 0 Å².